The van der Waals surface area contributed by atoms with Crippen LogP contribution >= 0.6 is 0 Å². The van der Waals surface area contributed by atoms with Crippen LogP contribution < -0.4 is 0 Å². The van der Waals surface area contributed by atoms with Gasteiger partial charge in [0.15, 0.2) is 0 Å². The van der Waals surface area contributed by atoms with Crippen molar-refractivity contribution in [2.45, 2.75) is 39.7 Å². The standard InChI is InChI=1S/C16H21NO3/c1-10-4-11(2)6-13(5-10)14(18)9-17-15(19)7-12(3)8-16(17)20/h4-6,12,14,18H,7-9H2,1-3H3. The number of aryl methyl sites for hydroxylation is 2. The molecule has 0 saturated carbocycles. The first kappa shape index (κ1) is 14.7. The van der Waals surface area contributed by atoms with Gasteiger partial charge in [0.25, 0.3) is 0 Å². The predicted octanol–water partition coefficient (Wildman–Crippen LogP) is 2.12. The average Bonchev–Trinajstić information content (AvgIpc) is 2.32. The molecule has 0 aliphatic carbocycles. The molecule has 4 nitrogen and oxygen atoms in total. The summed E-state index contributed by atoms with van der Waals surface area (Å²) in [6, 6.07) is 5.80. The molecule has 1 aromatic rings. The van der Waals surface area contributed by atoms with Gasteiger partial charge in [0.1, 0.15) is 0 Å². The number of hydrogen-bond donors (Lipinski definition) is 1. The minimum Gasteiger partial charge on any atom is -0.387 e. The number of aliphatic hydroxyl groups is 1. The average molecular weight is 275 g/mol. The van der Waals surface area contributed by atoms with Crippen LogP contribution in [0.4, 0.5) is 0 Å². The van der Waals surface area contributed by atoms with Gasteiger partial charge in [0, 0.05) is 12.8 Å². The second-order valence-electron chi connectivity index (χ2n) is 5.85. The van der Waals surface area contributed by atoms with Crippen molar-refractivity contribution in [3.8, 4) is 0 Å². The first-order valence-corrected chi connectivity index (χ1v) is 6.96. The van der Waals surface area contributed by atoms with Crippen LogP contribution in [0.3, 0.4) is 0 Å². The summed E-state index contributed by atoms with van der Waals surface area (Å²) in [5.41, 5.74) is 2.87. The SMILES string of the molecule is Cc1cc(C)cc(C(O)CN2C(=O)CC(C)CC2=O)c1. The van der Waals surface area contributed by atoms with E-state index in [9.17, 15) is 14.7 Å². The van der Waals surface area contributed by atoms with E-state index >= 15 is 0 Å². The van der Waals surface area contributed by atoms with Crippen LogP contribution in [0.5, 0.6) is 0 Å². The van der Waals surface area contributed by atoms with E-state index in [0.717, 1.165) is 16.7 Å². The second-order valence-corrected chi connectivity index (χ2v) is 5.85. The Bertz CT molecular complexity index is 500. The molecule has 1 heterocycles. The lowest BCUT2D eigenvalue weighted by Crippen LogP contribution is -2.44. The lowest BCUT2D eigenvalue weighted by Gasteiger charge is -2.30. The fourth-order valence-corrected chi connectivity index (χ4v) is 2.71. The van der Waals surface area contributed by atoms with Gasteiger partial charge in [-0.05, 0) is 25.3 Å². The number of imide groups is 1. The molecule has 20 heavy (non-hydrogen) atoms. The lowest BCUT2D eigenvalue weighted by atomic mass is 9.96. The maximum atomic E-state index is 11.9. The number of aliphatic hydroxyl groups excluding tert-OH is 1. The maximum Gasteiger partial charge on any atom is 0.229 e. The molecule has 1 unspecified atom stereocenters. The van der Waals surface area contributed by atoms with E-state index in [1.165, 1.54) is 4.90 Å². The molecule has 1 aliphatic heterocycles. The minimum absolute atomic E-state index is 0.0489. The molecular formula is C16H21NO3. The predicted molar refractivity (Wildman–Crippen MR) is 76.0 cm³/mol. The Labute approximate surface area is 119 Å². The van der Waals surface area contributed by atoms with Crippen LogP contribution in [0.1, 0.15) is 42.6 Å². The maximum absolute atomic E-state index is 11.9. The summed E-state index contributed by atoms with van der Waals surface area (Å²) in [5.74, 6) is -0.265. The van der Waals surface area contributed by atoms with Crippen molar-refractivity contribution in [1.82, 2.24) is 4.90 Å². The number of benzene rings is 1. The number of hydrogen-bond acceptors (Lipinski definition) is 3. The van der Waals surface area contributed by atoms with Crippen molar-refractivity contribution in [1.29, 1.82) is 0 Å². The Morgan fingerprint density at radius 2 is 1.65 bits per heavy atom. The van der Waals surface area contributed by atoms with E-state index in [4.69, 9.17) is 0 Å². The normalized spacial score (nSPS) is 18.5. The van der Waals surface area contributed by atoms with Crippen molar-refractivity contribution in [3.05, 3.63) is 34.9 Å². The molecule has 1 saturated heterocycles. The fraction of sp³-hybridized carbons (Fsp3) is 0.500. The Hall–Kier alpha value is -1.68. The van der Waals surface area contributed by atoms with E-state index < -0.39 is 6.10 Å². The third kappa shape index (κ3) is 3.25. The van der Waals surface area contributed by atoms with Crippen LogP contribution in [0.25, 0.3) is 0 Å². The molecule has 1 N–H and O–H groups in total. The van der Waals surface area contributed by atoms with Gasteiger partial charge < -0.3 is 5.11 Å². The first-order chi connectivity index (χ1) is 9.36. The number of β-amino-alcohol motifs (C(OH)–C–C–N with tert-alkyl or cyclic N) is 1. The largest absolute Gasteiger partial charge is 0.387 e. The van der Waals surface area contributed by atoms with Crippen molar-refractivity contribution in [2.75, 3.05) is 6.54 Å². The zero-order valence-corrected chi connectivity index (χ0v) is 12.2. The number of amides is 2. The Morgan fingerprint density at radius 3 is 2.15 bits per heavy atom. The third-order valence-corrected chi connectivity index (χ3v) is 3.63. The monoisotopic (exact) mass is 275 g/mol. The van der Waals surface area contributed by atoms with Crippen LogP contribution in [0, 0.1) is 19.8 Å². The molecule has 2 amide bonds. The van der Waals surface area contributed by atoms with E-state index in [2.05, 4.69) is 0 Å². The highest BCUT2D eigenvalue weighted by Crippen LogP contribution is 2.23. The third-order valence-electron chi connectivity index (χ3n) is 3.63. The molecule has 0 spiro atoms. The van der Waals surface area contributed by atoms with Crippen molar-refractivity contribution in [3.63, 3.8) is 0 Å². The van der Waals surface area contributed by atoms with Gasteiger partial charge >= 0.3 is 0 Å². The zero-order valence-electron chi connectivity index (χ0n) is 12.2. The summed E-state index contributed by atoms with van der Waals surface area (Å²) >= 11 is 0. The van der Waals surface area contributed by atoms with Gasteiger partial charge in [-0.3, -0.25) is 14.5 Å². The van der Waals surface area contributed by atoms with Crippen LogP contribution in [0.15, 0.2) is 18.2 Å². The minimum atomic E-state index is -0.824. The Balaban J connectivity index is 2.12. The molecule has 2 rings (SSSR count). The summed E-state index contributed by atoms with van der Waals surface area (Å²) in [4.78, 5) is 25.0. The first-order valence-electron chi connectivity index (χ1n) is 6.96. The van der Waals surface area contributed by atoms with E-state index in [0.29, 0.717) is 12.8 Å². The molecule has 1 fully saturated rings. The topological polar surface area (TPSA) is 57.6 Å². The van der Waals surface area contributed by atoms with Crippen LogP contribution in [-0.4, -0.2) is 28.4 Å². The highest BCUT2D eigenvalue weighted by Gasteiger charge is 2.31. The van der Waals surface area contributed by atoms with E-state index in [-0.39, 0.29) is 24.3 Å². The number of piperidine rings is 1. The molecule has 0 aromatic heterocycles. The number of carbonyl (C=O) groups is 2. The van der Waals surface area contributed by atoms with Crippen LogP contribution in [-0.2, 0) is 9.59 Å². The van der Waals surface area contributed by atoms with Crippen molar-refractivity contribution < 1.29 is 14.7 Å². The highest BCUT2D eigenvalue weighted by molar-refractivity contribution is 5.97. The number of nitrogens with zero attached hydrogens (tertiary/aromatic N) is 1. The quantitative estimate of drug-likeness (QED) is 0.860. The van der Waals surface area contributed by atoms with Gasteiger partial charge in [-0.1, -0.05) is 36.2 Å². The van der Waals surface area contributed by atoms with Crippen molar-refractivity contribution in [2.24, 2.45) is 5.92 Å². The molecule has 108 valence electrons. The number of likely N-dealkylation sites (tertiary alicyclic amines) is 1. The summed E-state index contributed by atoms with van der Waals surface area (Å²) in [7, 11) is 0. The summed E-state index contributed by atoms with van der Waals surface area (Å²) in [6.45, 7) is 5.87. The Morgan fingerprint density at radius 1 is 1.15 bits per heavy atom. The molecule has 1 atom stereocenters. The van der Waals surface area contributed by atoms with Gasteiger partial charge in [0.05, 0.1) is 12.6 Å². The van der Waals surface area contributed by atoms with Crippen molar-refractivity contribution >= 4 is 11.8 Å². The smallest absolute Gasteiger partial charge is 0.229 e. The molecular weight excluding hydrogens is 254 g/mol. The van der Waals surface area contributed by atoms with E-state index in [1.807, 2.05) is 39.0 Å². The number of carbonyl (C=O) groups excluding carboxylic acids is 2. The molecule has 0 bridgehead atoms. The second kappa shape index (κ2) is 5.75. The summed E-state index contributed by atoms with van der Waals surface area (Å²) < 4.78 is 0. The van der Waals surface area contributed by atoms with Gasteiger partial charge in [-0.15, -0.1) is 0 Å². The molecule has 1 aromatic carbocycles. The lowest BCUT2D eigenvalue weighted by molar-refractivity contribution is -0.151. The fourth-order valence-electron chi connectivity index (χ4n) is 2.71. The van der Waals surface area contributed by atoms with Gasteiger partial charge in [-0.25, -0.2) is 0 Å². The summed E-state index contributed by atoms with van der Waals surface area (Å²) in [5, 5.41) is 10.3. The molecule has 4 heteroatoms. The molecule has 1 aliphatic rings. The van der Waals surface area contributed by atoms with Gasteiger partial charge in [0.2, 0.25) is 11.8 Å². The van der Waals surface area contributed by atoms with Gasteiger partial charge in [-0.2, -0.15) is 0 Å². The van der Waals surface area contributed by atoms with E-state index in [1.54, 1.807) is 0 Å². The molecule has 0 radical (unpaired) electrons. The highest BCUT2D eigenvalue weighted by atomic mass is 16.3. The Kier molecular flexibility index (Phi) is 4.23. The summed E-state index contributed by atoms with van der Waals surface area (Å²) in [6.07, 6.45) is -0.0636. The van der Waals surface area contributed by atoms with Crippen LogP contribution in [0.2, 0.25) is 0 Å². The number of rotatable bonds is 3. The zero-order chi connectivity index (χ0) is 14.9.